The van der Waals surface area contributed by atoms with Crippen molar-refractivity contribution in [3.63, 3.8) is 0 Å². The van der Waals surface area contributed by atoms with Crippen molar-refractivity contribution in [3.8, 4) is 0 Å². The maximum Gasteiger partial charge on any atom is 0.416 e. The van der Waals surface area contributed by atoms with E-state index in [0.717, 1.165) is 0 Å². The lowest BCUT2D eigenvalue weighted by Gasteiger charge is -2.22. The van der Waals surface area contributed by atoms with Crippen LogP contribution in [0.4, 0.5) is 26.3 Å². The first kappa shape index (κ1) is 13.9. The summed E-state index contributed by atoms with van der Waals surface area (Å²) in [5.74, 6) is -0.347. The van der Waals surface area contributed by atoms with E-state index in [9.17, 15) is 31.1 Å². The smallest absolute Gasteiger partial charge is 0.299 e. The van der Waals surface area contributed by atoms with Crippen LogP contribution in [-0.4, -0.2) is 5.78 Å². The van der Waals surface area contributed by atoms with Gasteiger partial charge in [0.25, 0.3) is 0 Å². The standard InChI is InChI=1S/C12H8F6O/c13-11(14,15)7-3-6-4-8(19)1-2-9(6)10(5-7)12(16,17)18/h3,5H,1-2,4H2. The Hall–Kier alpha value is -1.53. The second-order valence-electron chi connectivity index (χ2n) is 4.37. The molecule has 0 saturated heterocycles. The Bertz CT molecular complexity index is 526. The highest BCUT2D eigenvalue weighted by atomic mass is 19.4. The predicted molar refractivity (Wildman–Crippen MR) is 53.5 cm³/mol. The second kappa shape index (κ2) is 4.25. The van der Waals surface area contributed by atoms with Gasteiger partial charge in [0.05, 0.1) is 11.1 Å². The maximum atomic E-state index is 12.8. The van der Waals surface area contributed by atoms with Gasteiger partial charge in [0.15, 0.2) is 0 Å². The number of halogens is 6. The highest BCUT2D eigenvalue weighted by Crippen LogP contribution is 2.40. The quantitative estimate of drug-likeness (QED) is 0.662. The highest BCUT2D eigenvalue weighted by molar-refractivity contribution is 5.83. The van der Waals surface area contributed by atoms with Crippen molar-refractivity contribution >= 4 is 5.78 Å². The molecule has 0 unspecified atom stereocenters. The van der Waals surface area contributed by atoms with Crippen LogP contribution in [0.15, 0.2) is 12.1 Å². The Morgan fingerprint density at radius 1 is 0.895 bits per heavy atom. The molecule has 0 amide bonds. The molecular weight excluding hydrogens is 274 g/mol. The molecule has 0 aliphatic heterocycles. The zero-order valence-corrected chi connectivity index (χ0v) is 9.45. The zero-order valence-electron chi connectivity index (χ0n) is 9.45. The van der Waals surface area contributed by atoms with Crippen LogP contribution in [0.1, 0.15) is 28.7 Å². The molecule has 0 fully saturated rings. The van der Waals surface area contributed by atoms with Gasteiger partial charge in [-0.25, -0.2) is 0 Å². The van der Waals surface area contributed by atoms with Gasteiger partial charge < -0.3 is 0 Å². The largest absolute Gasteiger partial charge is 0.416 e. The van der Waals surface area contributed by atoms with Crippen LogP contribution >= 0.6 is 0 Å². The normalized spacial score (nSPS) is 16.4. The lowest BCUT2D eigenvalue weighted by molar-refractivity contribution is -0.144. The summed E-state index contributed by atoms with van der Waals surface area (Å²) < 4.78 is 76.1. The average molecular weight is 282 g/mol. The van der Waals surface area contributed by atoms with E-state index in [4.69, 9.17) is 0 Å². The van der Waals surface area contributed by atoms with Crippen molar-refractivity contribution in [1.82, 2.24) is 0 Å². The van der Waals surface area contributed by atoms with E-state index in [0.29, 0.717) is 6.07 Å². The van der Waals surface area contributed by atoms with Gasteiger partial charge in [-0.3, -0.25) is 4.79 Å². The summed E-state index contributed by atoms with van der Waals surface area (Å²) in [6.45, 7) is 0. The van der Waals surface area contributed by atoms with Gasteiger partial charge in [-0.1, -0.05) is 0 Å². The number of ketones is 1. The van der Waals surface area contributed by atoms with Gasteiger partial charge in [-0.05, 0) is 29.7 Å². The van der Waals surface area contributed by atoms with Gasteiger partial charge >= 0.3 is 12.4 Å². The molecule has 104 valence electrons. The second-order valence-corrected chi connectivity index (χ2v) is 4.37. The van der Waals surface area contributed by atoms with E-state index in [1.54, 1.807) is 0 Å². The molecule has 0 heterocycles. The predicted octanol–water partition coefficient (Wildman–Crippen LogP) is 3.78. The average Bonchev–Trinajstić information content (AvgIpc) is 2.24. The van der Waals surface area contributed by atoms with Crippen molar-refractivity contribution in [2.45, 2.75) is 31.6 Å². The number of hydrogen-bond donors (Lipinski definition) is 0. The molecule has 0 N–H and O–H groups in total. The fourth-order valence-corrected chi connectivity index (χ4v) is 2.17. The van der Waals surface area contributed by atoms with Gasteiger partial charge in [0, 0.05) is 12.8 Å². The summed E-state index contributed by atoms with van der Waals surface area (Å²) in [6, 6.07) is 0.760. The Kier molecular flexibility index (Phi) is 3.10. The summed E-state index contributed by atoms with van der Waals surface area (Å²) in [5.41, 5.74) is -3.02. The van der Waals surface area contributed by atoms with Crippen molar-refractivity contribution in [1.29, 1.82) is 0 Å². The van der Waals surface area contributed by atoms with Crippen molar-refractivity contribution in [2.24, 2.45) is 0 Å². The van der Waals surface area contributed by atoms with E-state index in [1.807, 2.05) is 0 Å². The van der Waals surface area contributed by atoms with Crippen LogP contribution in [0, 0.1) is 0 Å². The summed E-state index contributed by atoms with van der Waals surface area (Å²) in [7, 11) is 0. The molecule has 7 heteroatoms. The summed E-state index contributed by atoms with van der Waals surface area (Å²) in [4.78, 5) is 11.2. The molecule has 0 radical (unpaired) electrons. The number of fused-ring (bicyclic) bond motifs is 1. The molecule has 1 aliphatic rings. The van der Waals surface area contributed by atoms with Gasteiger partial charge in [-0.2, -0.15) is 26.3 Å². The third-order valence-electron chi connectivity index (χ3n) is 3.02. The molecule has 0 saturated carbocycles. The highest BCUT2D eigenvalue weighted by Gasteiger charge is 2.40. The molecule has 0 bridgehead atoms. The van der Waals surface area contributed by atoms with E-state index < -0.39 is 23.5 Å². The maximum absolute atomic E-state index is 12.8. The molecule has 1 aliphatic carbocycles. The molecule has 1 aromatic carbocycles. The first-order chi connectivity index (χ1) is 8.59. The number of benzene rings is 1. The minimum absolute atomic E-state index is 0.0680. The van der Waals surface area contributed by atoms with Crippen molar-refractivity contribution in [2.75, 3.05) is 0 Å². The lowest BCUT2D eigenvalue weighted by atomic mass is 9.85. The van der Waals surface area contributed by atoms with Crippen LogP contribution in [0.2, 0.25) is 0 Å². The third-order valence-corrected chi connectivity index (χ3v) is 3.02. The number of hydrogen-bond acceptors (Lipinski definition) is 1. The number of rotatable bonds is 0. The molecule has 0 aromatic heterocycles. The molecular formula is C12H8F6O. The lowest BCUT2D eigenvalue weighted by Crippen LogP contribution is -2.21. The molecule has 1 aromatic rings. The first-order valence-electron chi connectivity index (χ1n) is 5.41. The summed E-state index contributed by atoms with van der Waals surface area (Å²) in [6.07, 6.45) is -10.3. The Morgan fingerprint density at radius 2 is 1.53 bits per heavy atom. The molecule has 19 heavy (non-hydrogen) atoms. The van der Waals surface area contributed by atoms with Crippen LogP contribution in [0.3, 0.4) is 0 Å². The van der Waals surface area contributed by atoms with Gasteiger partial charge in [0.2, 0.25) is 0 Å². The first-order valence-corrected chi connectivity index (χ1v) is 5.41. The van der Waals surface area contributed by atoms with Crippen LogP contribution < -0.4 is 0 Å². The minimum Gasteiger partial charge on any atom is -0.299 e. The van der Waals surface area contributed by atoms with E-state index in [1.165, 1.54) is 0 Å². The number of alkyl halides is 6. The fourth-order valence-electron chi connectivity index (χ4n) is 2.17. The van der Waals surface area contributed by atoms with Crippen LogP contribution in [-0.2, 0) is 30.0 Å². The van der Waals surface area contributed by atoms with Crippen LogP contribution in [0.25, 0.3) is 0 Å². The monoisotopic (exact) mass is 282 g/mol. The number of carbonyl (C=O) groups excluding carboxylic acids is 1. The van der Waals surface area contributed by atoms with E-state index in [-0.39, 0.29) is 42.2 Å². The van der Waals surface area contributed by atoms with Gasteiger partial charge in [0.1, 0.15) is 5.78 Å². The van der Waals surface area contributed by atoms with Crippen LogP contribution in [0.5, 0.6) is 0 Å². The molecule has 1 nitrogen and oxygen atoms in total. The SMILES string of the molecule is O=C1CCc2c(cc(C(F)(F)F)cc2C(F)(F)F)C1. The fraction of sp³-hybridized carbons (Fsp3) is 0.417. The Labute approximate surface area is 104 Å². The molecule has 0 spiro atoms. The van der Waals surface area contributed by atoms with E-state index >= 15 is 0 Å². The number of carbonyl (C=O) groups is 1. The van der Waals surface area contributed by atoms with Crippen molar-refractivity contribution in [3.05, 3.63) is 34.4 Å². The Morgan fingerprint density at radius 3 is 2.05 bits per heavy atom. The van der Waals surface area contributed by atoms with Crippen molar-refractivity contribution < 1.29 is 31.1 Å². The summed E-state index contributed by atoms with van der Waals surface area (Å²) in [5, 5.41) is 0. The third kappa shape index (κ3) is 2.74. The number of Topliss-reactive ketones (excluding diaryl/α,β-unsaturated/α-hetero) is 1. The molecule has 2 rings (SSSR count). The van der Waals surface area contributed by atoms with Gasteiger partial charge in [-0.15, -0.1) is 0 Å². The molecule has 0 atom stereocenters. The van der Waals surface area contributed by atoms with E-state index in [2.05, 4.69) is 0 Å². The summed E-state index contributed by atoms with van der Waals surface area (Å²) >= 11 is 0. The zero-order chi connectivity index (χ0) is 14.4. The Balaban J connectivity index is 2.65. The minimum atomic E-state index is -4.87. The topological polar surface area (TPSA) is 17.1 Å².